The van der Waals surface area contributed by atoms with Crippen molar-refractivity contribution in [2.24, 2.45) is 0 Å². The Labute approximate surface area is 280 Å². The highest BCUT2D eigenvalue weighted by Crippen LogP contribution is 2.33. The van der Waals surface area contributed by atoms with Crippen LogP contribution in [0.4, 0.5) is 18.0 Å². The first-order valence-electron chi connectivity index (χ1n) is 15.0. The van der Waals surface area contributed by atoms with E-state index in [1.54, 1.807) is 53.5 Å². The molecule has 2 aliphatic heterocycles. The number of rotatable bonds is 10. The van der Waals surface area contributed by atoms with Gasteiger partial charge in [-0.15, -0.1) is 0 Å². The van der Waals surface area contributed by atoms with Crippen molar-refractivity contribution in [3.05, 3.63) is 101 Å². The van der Waals surface area contributed by atoms with Gasteiger partial charge in [-0.3, -0.25) is 14.6 Å². The molecule has 1 fully saturated rings. The van der Waals surface area contributed by atoms with Crippen molar-refractivity contribution >= 4 is 27.9 Å². The van der Waals surface area contributed by atoms with Gasteiger partial charge in [-0.1, -0.05) is 42.0 Å². The molecule has 0 spiro atoms. The Hall–Kier alpha value is -5.98. The summed E-state index contributed by atoms with van der Waals surface area (Å²) in [6, 6.07) is 18.5. The van der Waals surface area contributed by atoms with E-state index in [0.29, 0.717) is 18.5 Å². The van der Waals surface area contributed by atoms with Crippen molar-refractivity contribution in [1.82, 2.24) is 29.4 Å². The number of nitrogens with one attached hydrogen (secondary N) is 1. The molecule has 0 bridgehead atoms. The zero-order valence-corrected chi connectivity index (χ0v) is 26.7. The van der Waals surface area contributed by atoms with Crippen molar-refractivity contribution in [2.75, 3.05) is 24.9 Å². The van der Waals surface area contributed by atoms with E-state index in [2.05, 4.69) is 5.10 Å². The summed E-state index contributed by atoms with van der Waals surface area (Å²) in [5.41, 5.74) is 1.10. The van der Waals surface area contributed by atoms with Crippen LogP contribution >= 0.6 is 0 Å². The van der Waals surface area contributed by atoms with Crippen LogP contribution in [0.15, 0.2) is 88.4 Å². The molecule has 1 N–H and O–H groups in total. The van der Waals surface area contributed by atoms with E-state index >= 15 is 0 Å². The van der Waals surface area contributed by atoms with Crippen molar-refractivity contribution < 1.29 is 50.2 Å². The van der Waals surface area contributed by atoms with Gasteiger partial charge in [0.2, 0.25) is 6.73 Å². The lowest BCUT2D eigenvalue weighted by Gasteiger charge is -2.36. The van der Waals surface area contributed by atoms with Gasteiger partial charge in [-0.25, -0.2) is 27.5 Å². The van der Waals surface area contributed by atoms with Crippen LogP contribution in [0.25, 0.3) is 16.9 Å². The molecular formula is C31H26F3N7O8S. The van der Waals surface area contributed by atoms with Crippen LogP contribution in [0.5, 0.6) is 0 Å². The molecule has 2 aromatic heterocycles. The number of amides is 3. The summed E-state index contributed by atoms with van der Waals surface area (Å²) in [4.78, 5) is 44.6. The molecule has 0 aliphatic carbocycles. The molecule has 19 heteroatoms. The van der Waals surface area contributed by atoms with Crippen LogP contribution in [0.2, 0.25) is 0 Å². The lowest BCUT2D eigenvalue weighted by atomic mass is 10.1. The number of aryl methyl sites for hydroxylation is 1. The molecule has 1 saturated heterocycles. The number of aromatic nitrogens is 4. The summed E-state index contributed by atoms with van der Waals surface area (Å²) >= 11 is 0. The number of benzene rings is 3. The first-order chi connectivity index (χ1) is 23.8. The monoisotopic (exact) mass is 713 g/mol. The Balaban J connectivity index is 0.936. The van der Waals surface area contributed by atoms with Crippen LogP contribution in [0.1, 0.15) is 38.4 Å². The number of sulfonamides is 1. The molecule has 0 radical (unpaired) electrons. The molecule has 3 amide bonds. The van der Waals surface area contributed by atoms with Gasteiger partial charge >= 0.3 is 12.3 Å². The largest absolute Gasteiger partial charge is 0.447 e. The van der Waals surface area contributed by atoms with Gasteiger partial charge in [0.05, 0.1) is 38.4 Å². The number of nitrogens with zero attached hydrogens (tertiary/aromatic N) is 6. The summed E-state index contributed by atoms with van der Waals surface area (Å²) in [6.07, 6.45) is -5.41. The van der Waals surface area contributed by atoms with E-state index in [0.717, 1.165) is 38.4 Å². The van der Waals surface area contributed by atoms with Crippen LogP contribution in [0, 0.1) is 6.92 Å². The maximum Gasteiger partial charge on any atom is 0.435 e. The molecule has 260 valence electrons. The minimum Gasteiger partial charge on any atom is -0.447 e. The van der Waals surface area contributed by atoms with Crippen molar-refractivity contribution in [2.45, 2.75) is 30.5 Å². The third-order valence-corrected chi connectivity index (χ3v) is 9.46. The number of halogens is 3. The fourth-order valence-corrected chi connectivity index (χ4v) is 6.22. The predicted molar refractivity (Wildman–Crippen MR) is 165 cm³/mol. The minimum atomic E-state index is -4.71. The van der Waals surface area contributed by atoms with Crippen LogP contribution in [0.3, 0.4) is 0 Å². The standard InChI is InChI=1S/C31H26F3N7O8S/c1-19-6-8-20(9-7-19)26-16-27(31(32,33)34)35-39(26)21-10-12-23(13-11-21)50(45,46)36-30(44)47-17-22-14-15-38(22)40-41(49-40)48-18-37-28(42)24-4-2-3-5-25(24)29(37)43/h2-13,16,22H,14-15,17-18H2,1H3,(H,36,44). The lowest BCUT2D eigenvalue weighted by Crippen LogP contribution is -2.56. The number of hydrogen-bond acceptors (Lipinski definition) is 10. The molecule has 0 saturated carbocycles. The molecule has 2 aliphatic rings. The quantitative estimate of drug-likeness (QED) is 0.212. The van der Waals surface area contributed by atoms with E-state index in [4.69, 9.17) is 14.2 Å². The van der Waals surface area contributed by atoms with E-state index in [1.807, 2.05) is 11.6 Å². The lowest BCUT2D eigenvalue weighted by molar-refractivity contribution is -0.141. The van der Waals surface area contributed by atoms with E-state index < -0.39 is 52.6 Å². The second kappa shape index (κ2) is 12.2. The molecule has 50 heavy (non-hydrogen) atoms. The van der Waals surface area contributed by atoms with Crippen molar-refractivity contribution in [3.63, 3.8) is 0 Å². The first kappa shape index (κ1) is 32.6. The topological polar surface area (TPSA) is 163 Å². The molecule has 15 nitrogen and oxygen atoms in total. The number of carbonyl (C=O) groups is 3. The van der Waals surface area contributed by atoms with Crippen molar-refractivity contribution in [1.29, 1.82) is 0 Å². The summed E-state index contributed by atoms with van der Waals surface area (Å²) in [5, 5.41) is 6.25. The molecule has 4 heterocycles. The number of ether oxygens (including phenoxy) is 1. The molecule has 5 aromatic rings. The number of alkyl halides is 3. The fourth-order valence-electron chi connectivity index (χ4n) is 5.33. The highest BCUT2D eigenvalue weighted by molar-refractivity contribution is 7.90. The second-order valence-corrected chi connectivity index (χ2v) is 13.1. The van der Waals surface area contributed by atoms with E-state index in [1.165, 1.54) is 17.1 Å². The number of carbonyl (C=O) groups excluding carboxylic acids is 3. The van der Waals surface area contributed by atoms with Crippen LogP contribution < -0.4 is 14.6 Å². The average Bonchev–Trinajstić information content (AvgIpc) is 3.56. The van der Waals surface area contributed by atoms with Gasteiger partial charge in [-0.05, 0) is 55.8 Å². The highest BCUT2D eigenvalue weighted by Gasteiger charge is 2.39. The fraction of sp³-hybridized carbons (Fsp3) is 0.226. The Morgan fingerprint density at radius 1 is 1.00 bits per heavy atom. The zero-order valence-electron chi connectivity index (χ0n) is 25.9. The first-order valence-corrected chi connectivity index (χ1v) is 16.5. The highest BCUT2D eigenvalue weighted by atomic mass is 32.2. The molecule has 1 atom stereocenters. The van der Waals surface area contributed by atoms with E-state index in [9.17, 15) is 36.0 Å². The van der Waals surface area contributed by atoms with Gasteiger partial charge in [0.15, 0.2) is 5.69 Å². The SMILES string of the molecule is Cc1ccc(-c2cc(C(F)(F)F)nn2-c2ccc(S(=O)(=O)NC(=O)OCC3CCN3n3on3OCN3C(=O)c4ccccc4C3=O)cc2)cc1. The summed E-state index contributed by atoms with van der Waals surface area (Å²) in [5.74, 6) is -1.01. The third-order valence-electron chi connectivity index (χ3n) is 8.13. The Bertz CT molecular complexity index is 2170. The molecule has 1 unspecified atom stereocenters. The second-order valence-electron chi connectivity index (χ2n) is 11.4. The van der Waals surface area contributed by atoms with Crippen LogP contribution in [-0.4, -0.2) is 76.9 Å². The van der Waals surface area contributed by atoms with E-state index in [-0.39, 0.29) is 34.0 Å². The summed E-state index contributed by atoms with van der Waals surface area (Å²) in [6.45, 7) is 1.67. The van der Waals surface area contributed by atoms with Gasteiger partial charge in [0.1, 0.15) is 11.6 Å². The number of fused-ring (bicyclic) bond motifs is 1. The number of imide groups is 1. The normalized spacial score (nSPS) is 16.0. The minimum absolute atomic E-state index is 0.144. The van der Waals surface area contributed by atoms with Gasteiger partial charge in [0.25, 0.3) is 21.8 Å². The zero-order chi connectivity index (χ0) is 35.4. The predicted octanol–water partition coefficient (Wildman–Crippen LogP) is 3.57. The van der Waals surface area contributed by atoms with Gasteiger partial charge < -0.3 is 9.57 Å². The number of hydrogen-bond donors (Lipinski definition) is 1. The average molecular weight is 714 g/mol. The third kappa shape index (κ3) is 6.17. The maximum atomic E-state index is 13.5. The summed E-state index contributed by atoms with van der Waals surface area (Å²) in [7, 11) is -4.42. The molecule has 7 rings (SSSR count). The smallest absolute Gasteiger partial charge is 0.435 e. The van der Waals surface area contributed by atoms with Crippen LogP contribution in [-0.2, 0) is 20.9 Å². The van der Waals surface area contributed by atoms with Crippen molar-refractivity contribution in [3.8, 4) is 16.9 Å². The summed E-state index contributed by atoms with van der Waals surface area (Å²) < 4.78 is 79.6. The Morgan fingerprint density at radius 3 is 2.26 bits per heavy atom. The molecular weight excluding hydrogens is 687 g/mol. The van der Waals surface area contributed by atoms with Gasteiger partial charge in [0, 0.05) is 12.1 Å². The Kier molecular flexibility index (Phi) is 7.92. The molecule has 3 aromatic carbocycles. The Morgan fingerprint density at radius 2 is 1.66 bits per heavy atom. The van der Waals surface area contributed by atoms with Gasteiger partial charge in [-0.2, -0.15) is 22.9 Å². The maximum absolute atomic E-state index is 13.5.